The van der Waals surface area contributed by atoms with Crippen molar-refractivity contribution in [1.29, 1.82) is 0 Å². The summed E-state index contributed by atoms with van der Waals surface area (Å²) in [5.74, 6) is 0.200. The van der Waals surface area contributed by atoms with E-state index >= 15 is 0 Å². The van der Waals surface area contributed by atoms with Crippen molar-refractivity contribution < 1.29 is 4.79 Å². The molecule has 5 heteroatoms. The summed E-state index contributed by atoms with van der Waals surface area (Å²) in [6.45, 7) is 5.77. The molecule has 1 aliphatic heterocycles. The molecule has 0 radical (unpaired) electrons. The van der Waals surface area contributed by atoms with Crippen LogP contribution in [-0.2, 0) is 11.3 Å². The molecule has 1 fully saturated rings. The minimum absolute atomic E-state index is 0.0331. The summed E-state index contributed by atoms with van der Waals surface area (Å²) in [6.07, 6.45) is 2.07. The van der Waals surface area contributed by atoms with E-state index in [2.05, 4.69) is 55.7 Å². The fraction of sp³-hybridized carbons (Fsp3) is 0.588. The fourth-order valence-corrected chi connectivity index (χ4v) is 3.09. The average molecular weight is 368 g/mol. The summed E-state index contributed by atoms with van der Waals surface area (Å²) in [4.78, 5) is 14.5. The fourth-order valence-electron chi connectivity index (χ4n) is 2.83. The summed E-state index contributed by atoms with van der Waals surface area (Å²) >= 11 is 3.47. The molecule has 2 rings (SSSR count). The Morgan fingerprint density at radius 1 is 1.32 bits per heavy atom. The summed E-state index contributed by atoms with van der Waals surface area (Å²) < 4.78 is 1.12. The molecule has 22 heavy (non-hydrogen) atoms. The largest absolute Gasteiger partial charge is 0.353 e. The van der Waals surface area contributed by atoms with Crippen LogP contribution in [-0.4, -0.2) is 43.5 Å². The van der Waals surface area contributed by atoms with Crippen LogP contribution in [0.25, 0.3) is 0 Å². The third-order valence-electron chi connectivity index (χ3n) is 4.21. The summed E-state index contributed by atoms with van der Waals surface area (Å²) in [5, 5.41) is 6.24. The van der Waals surface area contributed by atoms with E-state index in [1.54, 1.807) is 0 Å². The van der Waals surface area contributed by atoms with Crippen molar-refractivity contribution in [2.45, 2.75) is 32.4 Å². The van der Waals surface area contributed by atoms with Gasteiger partial charge in [-0.3, -0.25) is 9.69 Å². The van der Waals surface area contributed by atoms with Crippen LogP contribution in [0.3, 0.4) is 0 Å². The second kappa shape index (κ2) is 8.65. The Kier molecular flexibility index (Phi) is 6.86. The number of carbonyl (C=O) groups excluding carboxylic acids is 1. The first kappa shape index (κ1) is 17.4. The number of carbonyl (C=O) groups is 1. The Morgan fingerprint density at radius 3 is 2.55 bits per heavy atom. The molecule has 0 spiro atoms. The van der Waals surface area contributed by atoms with Crippen molar-refractivity contribution in [1.82, 2.24) is 15.5 Å². The zero-order valence-electron chi connectivity index (χ0n) is 13.4. The van der Waals surface area contributed by atoms with E-state index in [9.17, 15) is 4.79 Å². The highest BCUT2D eigenvalue weighted by atomic mass is 79.9. The molecule has 0 aliphatic carbocycles. The molecule has 1 saturated heterocycles. The predicted molar refractivity (Wildman–Crippen MR) is 93.7 cm³/mol. The van der Waals surface area contributed by atoms with Gasteiger partial charge in [0.15, 0.2) is 0 Å². The van der Waals surface area contributed by atoms with Crippen molar-refractivity contribution in [2.24, 2.45) is 5.92 Å². The molecular formula is C17H26BrN3O. The lowest BCUT2D eigenvalue weighted by Crippen LogP contribution is -2.46. The minimum Gasteiger partial charge on any atom is -0.353 e. The van der Waals surface area contributed by atoms with E-state index in [1.165, 1.54) is 5.56 Å². The summed E-state index contributed by atoms with van der Waals surface area (Å²) in [5.41, 5.74) is 1.34. The smallest absolute Gasteiger partial charge is 0.224 e. The SMILES string of the molecule is CNCC(C)C(=O)NC1CCN(Cc2ccc(Br)cc2)CC1. The molecule has 4 nitrogen and oxygen atoms in total. The van der Waals surface area contributed by atoms with Crippen molar-refractivity contribution in [3.05, 3.63) is 34.3 Å². The maximum atomic E-state index is 12.0. The van der Waals surface area contributed by atoms with E-state index in [0.717, 1.165) is 43.5 Å². The Labute approximate surface area is 141 Å². The lowest BCUT2D eigenvalue weighted by molar-refractivity contribution is -0.125. The Hall–Kier alpha value is -0.910. The van der Waals surface area contributed by atoms with Gasteiger partial charge in [0.05, 0.1) is 0 Å². The van der Waals surface area contributed by atoms with Crippen LogP contribution in [0, 0.1) is 5.92 Å². The summed E-state index contributed by atoms with van der Waals surface area (Å²) in [7, 11) is 1.88. The quantitative estimate of drug-likeness (QED) is 0.811. The van der Waals surface area contributed by atoms with E-state index in [0.29, 0.717) is 6.04 Å². The molecule has 122 valence electrons. The predicted octanol–water partition coefficient (Wildman–Crippen LogP) is 2.39. The van der Waals surface area contributed by atoms with Gasteiger partial charge in [-0.25, -0.2) is 0 Å². The van der Waals surface area contributed by atoms with Crippen LogP contribution < -0.4 is 10.6 Å². The standard InChI is InChI=1S/C17H26BrN3O/c1-13(11-19-2)17(22)20-16-7-9-21(10-8-16)12-14-3-5-15(18)6-4-14/h3-6,13,16,19H,7-12H2,1-2H3,(H,20,22). The highest BCUT2D eigenvalue weighted by Crippen LogP contribution is 2.16. The van der Waals surface area contributed by atoms with Gasteiger partial charge in [-0.1, -0.05) is 35.0 Å². The zero-order chi connectivity index (χ0) is 15.9. The first-order valence-corrected chi connectivity index (χ1v) is 8.79. The molecule has 1 aromatic rings. The summed E-state index contributed by atoms with van der Waals surface area (Å²) in [6, 6.07) is 8.83. The van der Waals surface area contributed by atoms with Crippen LogP contribution in [0.4, 0.5) is 0 Å². The van der Waals surface area contributed by atoms with Gasteiger partial charge >= 0.3 is 0 Å². The second-order valence-electron chi connectivity index (χ2n) is 6.14. The number of amides is 1. The molecule has 1 amide bonds. The first-order valence-electron chi connectivity index (χ1n) is 8.00. The van der Waals surface area contributed by atoms with E-state index in [1.807, 2.05) is 14.0 Å². The van der Waals surface area contributed by atoms with Crippen molar-refractivity contribution in [3.63, 3.8) is 0 Å². The Balaban J connectivity index is 1.73. The van der Waals surface area contributed by atoms with E-state index in [4.69, 9.17) is 0 Å². The number of benzene rings is 1. The second-order valence-corrected chi connectivity index (χ2v) is 7.06. The van der Waals surface area contributed by atoms with Gasteiger partial charge in [0.1, 0.15) is 0 Å². The highest BCUT2D eigenvalue weighted by Gasteiger charge is 2.22. The highest BCUT2D eigenvalue weighted by molar-refractivity contribution is 9.10. The number of nitrogens with zero attached hydrogens (tertiary/aromatic N) is 1. The van der Waals surface area contributed by atoms with Crippen LogP contribution in [0.15, 0.2) is 28.7 Å². The van der Waals surface area contributed by atoms with Crippen LogP contribution >= 0.6 is 15.9 Å². The first-order chi connectivity index (χ1) is 10.6. The van der Waals surface area contributed by atoms with Gasteiger partial charge in [0.2, 0.25) is 5.91 Å². The van der Waals surface area contributed by atoms with Crippen LogP contribution in [0.1, 0.15) is 25.3 Å². The average Bonchev–Trinajstić information content (AvgIpc) is 2.51. The molecular weight excluding hydrogens is 342 g/mol. The molecule has 0 bridgehead atoms. The van der Waals surface area contributed by atoms with Gasteiger partial charge in [0, 0.05) is 42.6 Å². The lowest BCUT2D eigenvalue weighted by atomic mass is 10.0. The van der Waals surface area contributed by atoms with Crippen LogP contribution in [0.5, 0.6) is 0 Å². The van der Waals surface area contributed by atoms with Gasteiger partial charge in [-0.05, 0) is 37.6 Å². The molecule has 1 aromatic carbocycles. The number of halogens is 1. The molecule has 0 saturated carbocycles. The third-order valence-corrected chi connectivity index (χ3v) is 4.74. The number of hydrogen-bond acceptors (Lipinski definition) is 3. The maximum Gasteiger partial charge on any atom is 0.224 e. The number of likely N-dealkylation sites (tertiary alicyclic amines) is 1. The monoisotopic (exact) mass is 367 g/mol. The number of rotatable bonds is 6. The maximum absolute atomic E-state index is 12.0. The zero-order valence-corrected chi connectivity index (χ0v) is 15.0. The van der Waals surface area contributed by atoms with Crippen molar-refractivity contribution >= 4 is 21.8 Å². The molecule has 1 heterocycles. The van der Waals surface area contributed by atoms with Gasteiger partial charge < -0.3 is 10.6 Å². The topological polar surface area (TPSA) is 44.4 Å². The number of nitrogens with one attached hydrogen (secondary N) is 2. The molecule has 1 aliphatic rings. The van der Waals surface area contributed by atoms with Gasteiger partial charge in [-0.15, -0.1) is 0 Å². The van der Waals surface area contributed by atoms with Crippen molar-refractivity contribution in [3.8, 4) is 0 Å². The van der Waals surface area contributed by atoms with Crippen LogP contribution in [0.2, 0.25) is 0 Å². The normalized spacial score (nSPS) is 18.1. The Morgan fingerprint density at radius 2 is 1.95 bits per heavy atom. The molecule has 0 aromatic heterocycles. The molecule has 1 atom stereocenters. The Bertz CT molecular complexity index is 469. The van der Waals surface area contributed by atoms with E-state index < -0.39 is 0 Å². The molecule has 1 unspecified atom stereocenters. The molecule has 2 N–H and O–H groups in total. The third kappa shape index (κ3) is 5.38. The van der Waals surface area contributed by atoms with Gasteiger partial charge in [-0.2, -0.15) is 0 Å². The van der Waals surface area contributed by atoms with E-state index in [-0.39, 0.29) is 11.8 Å². The minimum atomic E-state index is 0.0331. The number of piperidine rings is 1. The van der Waals surface area contributed by atoms with Gasteiger partial charge in [0.25, 0.3) is 0 Å². The lowest BCUT2D eigenvalue weighted by Gasteiger charge is -2.33. The number of hydrogen-bond donors (Lipinski definition) is 2. The van der Waals surface area contributed by atoms with Crippen molar-refractivity contribution in [2.75, 3.05) is 26.7 Å².